The minimum atomic E-state index is 0.230. The van der Waals surface area contributed by atoms with Crippen LogP contribution in [0, 0.1) is 0 Å². The molecule has 0 spiro atoms. The summed E-state index contributed by atoms with van der Waals surface area (Å²) in [6, 6.07) is 8.17. The number of nitrogens with zero attached hydrogens (tertiary/aromatic N) is 2. The van der Waals surface area contributed by atoms with Crippen molar-refractivity contribution < 1.29 is 0 Å². The van der Waals surface area contributed by atoms with E-state index in [4.69, 9.17) is 0 Å². The molecule has 78 valence electrons. The van der Waals surface area contributed by atoms with Gasteiger partial charge in [0.25, 0.3) is 0 Å². The number of thioether (sulfide) groups is 1. The first-order chi connectivity index (χ1) is 7.31. The summed E-state index contributed by atoms with van der Waals surface area (Å²) in [7, 11) is 0. The van der Waals surface area contributed by atoms with Crippen LogP contribution in [0.2, 0.25) is 0 Å². The lowest BCUT2D eigenvalue weighted by Crippen LogP contribution is -1.86. The summed E-state index contributed by atoms with van der Waals surface area (Å²) in [6.07, 6.45) is 3.55. The van der Waals surface area contributed by atoms with Crippen molar-refractivity contribution in [2.75, 3.05) is 6.26 Å². The average Bonchev–Trinajstić information content (AvgIpc) is 2.82. The van der Waals surface area contributed by atoms with Crippen molar-refractivity contribution in [3.8, 4) is 11.4 Å². The molecule has 5 heteroatoms. The van der Waals surface area contributed by atoms with Gasteiger partial charge >= 0.3 is 0 Å². The number of benzene rings is 1. The Bertz CT molecular complexity index is 411. The molecule has 1 N–H and O–H groups in total. The van der Waals surface area contributed by atoms with Crippen molar-refractivity contribution in [3.63, 3.8) is 0 Å². The minimum Gasteiger partial charge on any atom is -0.259 e. The first-order valence-corrected chi connectivity index (χ1v) is 6.28. The Morgan fingerprint density at radius 1 is 1.33 bits per heavy atom. The Morgan fingerprint density at radius 3 is 2.60 bits per heavy atom. The number of aromatic amines is 1. The molecule has 0 fully saturated rings. The molecule has 0 aliphatic heterocycles. The molecule has 15 heavy (non-hydrogen) atoms. The molecule has 1 aromatic carbocycles. The van der Waals surface area contributed by atoms with Crippen molar-refractivity contribution in [2.45, 2.75) is 4.58 Å². The molecule has 3 nitrogen and oxygen atoms in total. The molecule has 0 saturated carbocycles. The number of nitrogens with one attached hydrogen (secondary N) is 1. The number of rotatable bonds is 3. The van der Waals surface area contributed by atoms with Crippen LogP contribution >= 0.6 is 24.4 Å². The van der Waals surface area contributed by atoms with E-state index in [0.29, 0.717) is 0 Å². The van der Waals surface area contributed by atoms with Gasteiger partial charge in [0.2, 0.25) is 0 Å². The topological polar surface area (TPSA) is 41.6 Å². The Morgan fingerprint density at radius 2 is 2.07 bits per heavy atom. The third-order valence-electron chi connectivity index (χ3n) is 2.11. The minimum absolute atomic E-state index is 0.230. The molecule has 1 aromatic heterocycles. The Hall–Kier alpha value is -0.940. The van der Waals surface area contributed by atoms with E-state index >= 15 is 0 Å². The average molecular weight is 237 g/mol. The highest BCUT2D eigenvalue weighted by atomic mass is 32.2. The Kier molecular flexibility index (Phi) is 3.33. The summed E-state index contributed by atoms with van der Waals surface area (Å²) in [5.74, 6) is 0.793. The normalized spacial score (nSPS) is 12.7. The second kappa shape index (κ2) is 4.72. The summed E-state index contributed by atoms with van der Waals surface area (Å²) in [6.45, 7) is 0. The molecule has 0 bridgehead atoms. The van der Waals surface area contributed by atoms with Gasteiger partial charge in [0.15, 0.2) is 5.82 Å². The molecule has 0 amide bonds. The second-order valence-corrected chi connectivity index (χ2v) is 4.85. The van der Waals surface area contributed by atoms with Crippen LogP contribution in [0.1, 0.15) is 10.1 Å². The molecule has 0 aliphatic rings. The molecule has 2 aromatic rings. The van der Waals surface area contributed by atoms with Crippen LogP contribution in [0.4, 0.5) is 0 Å². The fourth-order valence-electron chi connectivity index (χ4n) is 1.29. The maximum absolute atomic E-state index is 4.46. The van der Waals surface area contributed by atoms with Gasteiger partial charge in [-0.25, -0.2) is 4.98 Å². The summed E-state index contributed by atoms with van der Waals surface area (Å²) >= 11 is 6.17. The molecule has 1 heterocycles. The lowest BCUT2D eigenvalue weighted by atomic mass is 10.1. The summed E-state index contributed by atoms with van der Waals surface area (Å²) in [5.41, 5.74) is 2.24. The fraction of sp³-hybridized carbons (Fsp3) is 0.200. The third-order valence-corrected chi connectivity index (χ3v) is 3.76. The lowest BCUT2D eigenvalue weighted by Gasteiger charge is -2.07. The standard InChI is InChI=1S/C10H11N3S2/c1-15-10(14)8-4-2-7(3-5-8)9-11-6-12-13-9/h2-6,10,14H,1H3,(H,11,12,13). The molecule has 0 saturated heterocycles. The Balaban J connectivity index is 2.25. The largest absolute Gasteiger partial charge is 0.259 e. The number of H-pyrrole nitrogens is 1. The molecular weight excluding hydrogens is 226 g/mol. The van der Waals surface area contributed by atoms with Crippen LogP contribution in [0.25, 0.3) is 11.4 Å². The van der Waals surface area contributed by atoms with Gasteiger partial charge in [0, 0.05) is 5.56 Å². The van der Waals surface area contributed by atoms with Gasteiger partial charge < -0.3 is 0 Å². The van der Waals surface area contributed by atoms with Crippen LogP contribution in [-0.2, 0) is 0 Å². The van der Waals surface area contributed by atoms with Gasteiger partial charge in [0.1, 0.15) is 6.33 Å². The van der Waals surface area contributed by atoms with Crippen LogP contribution in [0.5, 0.6) is 0 Å². The summed E-state index contributed by atoms with van der Waals surface area (Å²) in [5, 5.41) is 6.65. The molecule has 1 atom stereocenters. The number of hydrogen-bond acceptors (Lipinski definition) is 4. The van der Waals surface area contributed by atoms with Crippen LogP contribution in [0.15, 0.2) is 30.6 Å². The SMILES string of the molecule is CSC(S)c1ccc(-c2ncn[nH]2)cc1. The first kappa shape index (κ1) is 10.6. The van der Waals surface area contributed by atoms with Crippen LogP contribution in [-0.4, -0.2) is 21.4 Å². The van der Waals surface area contributed by atoms with E-state index in [1.807, 2.05) is 18.4 Å². The quantitative estimate of drug-likeness (QED) is 0.637. The van der Waals surface area contributed by atoms with E-state index in [0.717, 1.165) is 11.4 Å². The summed E-state index contributed by atoms with van der Waals surface area (Å²) < 4.78 is 0.230. The van der Waals surface area contributed by atoms with Crippen LogP contribution in [0.3, 0.4) is 0 Å². The van der Waals surface area contributed by atoms with Gasteiger partial charge in [-0.15, -0.1) is 11.8 Å². The van der Waals surface area contributed by atoms with Gasteiger partial charge in [0.05, 0.1) is 4.58 Å². The van der Waals surface area contributed by atoms with E-state index in [1.165, 1.54) is 11.9 Å². The molecule has 2 rings (SSSR count). The zero-order valence-corrected chi connectivity index (χ0v) is 9.92. The smallest absolute Gasteiger partial charge is 0.155 e. The maximum Gasteiger partial charge on any atom is 0.155 e. The number of aromatic nitrogens is 3. The van der Waals surface area contributed by atoms with Gasteiger partial charge in [-0.1, -0.05) is 24.3 Å². The highest BCUT2D eigenvalue weighted by molar-refractivity contribution is 8.09. The molecule has 0 aliphatic carbocycles. The third kappa shape index (κ3) is 2.35. The van der Waals surface area contributed by atoms with Crippen molar-refractivity contribution >= 4 is 24.4 Å². The molecule has 1 unspecified atom stereocenters. The zero-order chi connectivity index (χ0) is 10.7. The van der Waals surface area contributed by atoms with Crippen LogP contribution < -0.4 is 0 Å². The fourth-order valence-corrected chi connectivity index (χ4v) is 1.89. The number of hydrogen-bond donors (Lipinski definition) is 2. The zero-order valence-electron chi connectivity index (χ0n) is 8.21. The van der Waals surface area contributed by atoms with E-state index in [2.05, 4.69) is 39.9 Å². The van der Waals surface area contributed by atoms with Crippen molar-refractivity contribution in [3.05, 3.63) is 36.2 Å². The summed E-state index contributed by atoms with van der Waals surface area (Å²) in [4.78, 5) is 4.09. The van der Waals surface area contributed by atoms with Gasteiger partial charge in [-0.3, -0.25) is 5.10 Å². The van der Waals surface area contributed by atoms with Crippen molar-refractivity contribution in [2.24, 2.45) is 0 Å². The highest BCUT2D eigenvalue weighted by Gasteiger charge is 2.05. The van der Waals surface area contributed by atoms with E-state index in [-0.39, 0.29) is 4.58 Å². The first-order valence-electron chi connectivity index (χ1n) is 4.48. The van der Waals surface area contributed by atoms with Gasteiger partial charge in [-0.2, -0.15) is 17.7 Å². The van der Waals surface area contributed by atoms with Crippen molar-refractivity contribution in [1.82, 2.24) is 15.2 Å². The lowest BCUT2D eigenvalue weighted by molar-refractivity contribution is 1.09. The highest BCUT2D eigenvalue weighted by Crippen LogP contribution is 2.30. The number of thiol groups is 1. The van der Waals surface area contributed by atoms with E-state index in [9.17, 15) is 0 Å². The van der Waals surface area contributed by atoms with E-state index in [1.54, 1.807) is 11.8 Å². The monoisotopic (exact) mass is 237 g/mol. The predicted molar refractivity (Wildman–Crippen MR) is 67.1 cm³/mol. The molecule has 0 radical (unpaired) electrons. The predicted octanol–water partition coefficient (Wildman–Crippen LogP) is 2.76. The van der Waals surface area contributed by atoms with E-state index < -0.39 is 0 Å². The molecular formula is C10H11N3S2. The second-order valence-electron chi connectivity index (χ2n) is 3.04. The van der Waals surface area contributed by atoms with Gasteiger partial charge in [-0.05, 0) is 11.8 Å². The Labute approximate surface area is 98.1 Å². The van der Waals surface area contributed by atoms with Crippen molar-refractivity contribution in [1.29, 1.82) is 0 Å². The maximum atomic E-state index is 4.46.